The molecule has 1 nitrogen and oxygen atoms in total. The van der Waals surface area contributed by atoms with Crippen LogP contribution < -0.4 is 4.74 Å². The van der Waals surface area contributed by atoms with Crippen molar-refractivity contribution in [1.82, 2.24) is 0 Å². The Kier molecular flexibility index (Phi) is 3.06. The third kappa shape index (κ3) is 2.01. The number of hydrogen-bond acceptors (Lipinski definition) is 1. The van der Waals surface area contributed by atoms with Crippen LogP contribution in [0.2, 0.25) is 0 Å². The minimum atomic E-state index is 0.679. The second-order valence-corrected chi connectivity index (χ2v) is 4.97. The van der Waals surface area contributed by atoms with Gasteiger partial charge in [0.2, 0.25) is 0 Å². The molecule has 1 fully saturated rings. The molecular formula is C17H18O. The van der Waals surface area contributed by atoms with Gasteiger partial charge in [0, 0.05) is 0 Å². The molecule has 0 saturated heterocycles. The summed E-state index contributed by atoms with van der Waals surface area (Å²) in [5, 5.41) is 0. The molecule has 0 N–H and O–H groups in total. The molecule has 0 heterocycles. The Balaban J connectivity index is 1.80. The van der Waals surface area contributed by atoms with Crippen LogP contribution in [-0.4, -0.2) is 7.11 Å². The van der Waals surface area contributed by atoms with E-state index in [2.05, 4.69) is 54.6 Å². The van der Waals surface area contributed by atoms with Crippen LogP contribution in [0.25, 0.3) is 0 Å². The Labute approximate surface area is 108 Å². The summed E-state index contributed by atoms with van der Waals surface area (Å²) >= 11 is 0. The largest absolute Gasteiger partial charge is 0.497 e. The first-order valence-corrected chi connectivity index (χ1v) is 6.57. The van der Waals surface area contributed by atoms with E-state index in [1.54, 1.807) is 7.11 Å². The van der Waals surface area contributed by atoms with E-state index >= 15 is 0 Å². The van der Waals surface area contributed by atoms with Crippen molar-refractivity contribution in [1.29, 1.82) is 0 Å². The highest BCUT2D eigenvalue weighted by Gasteiger charge is 2.32. The van der Waals surface area contributed by atoms with Gasteiger partial charge in [0.1, 0.15) is 5.75 Å². The lowest BCUT2D eigenvalue weighted by molar-refractivity contribution is 0.346. The van der Waals surface area contributed by atoms with Crippen LogP contribution in [0.15, 0.2) is 54.6 Å². The molecule has 0 spiro atoms. The van der Waals surface area contributed by atoms with Crippen LogP contribution in [0.5, 0.6) is 5.75 Å². The summed E-state index contributed by atoms with van der Waals surface area (Å²) in [6, 6.07) is 19.4. The SMILES string of the molecule is COc1ccc(C2CCC2c2ccccc2)cc1. The lowest BCUT2D eigenvalue weighted by atomic mass is 9.67. The van der Waals surface area contributed by atoms with Crippen molar-refractivity contribution in [3.63, 3.8) is 0 Å². The van der Waals surface area contributed by atoms with Crippen molar-refractivity contribution in [3.05, 3.63) is 65.7 Å². The molecule has 0 aromatic heterocycles. The molecule has 92 valence electrons. The Bertz CT molecular complexity index is 501. The van der Waals surface area contributed by atoms with Crippen molar-refractivity contribution in [2.75, 3.05) is 7.11 Å². The Morgan fingerprint density at radius 1 is 0.778 bits per heavy atom. The zero-order chi connectivity index (χ0) is 12.4. The molecule has 1 aliphatic rings. The predicted octanol–water partition coefficient (Wildman–Crippen LogP) is 4.36. The van der Waals surface area contributed by atoms with Gasteiger partial charge < -0.3 is 4.74 Å². The van der Waals surface area contributed by atoms with Gasteiger partial charge in [-0.3, -0.25) is 0 Å². The summed E-state index contributed by atoms with van der Waals surface area (Å²) in [6.45, 7) is 0. The molecule has 0 radical (unpaired) electrons. The first-order valence-electron chi connectivity index (χ1n) is 6.57. The predicted molar refractivity (Wildman–Crippen MR) is 74.2 cm³/mol. The average Bonchev–Trinajstić information content (AvgIpc) is 2.40. The number of benzene rings is 2. The quantitative estimate of drug-likeness (QED) is 0.772. The average molecular weight is 238 g/mol. The van der Waals surface area contributed by atoms with Gasteiger partial charge in [0.25, 0.3) is 0 Å². The van der Waals surface area contributed by atoms with Gasteiger partial charge in [-0.1, -0.05) is 42.5 Å². The Morgan fingerprint density at radius 3 is 1.83 bits per heavy atom. The van der Waals surface area contributed by atoms with Crippen molar-refractivity contribution >= 4 is 0 Å². The molecule has 2 aromatic carbocycles. The zero-order valence-electron chi connectivity index (χ0n) is 10.7. The summed E-state index contributed by atoms with van der Waals surface area (Å²) < 4.78 is 5.21. The highest BCUT2D eigenvalue weighted by molar-refractivity contribution is 5.35. The van der Waals surface area contributed by atoms with E-state index in [0.717, 1.165) is 5.75 Å². The van der Waals surface area contributed by atoms with Crippen LogP contribution >= 0.6 is 0 Å². The van der Waals surface area contributed by atoms with E-state index in [-0.39, 0.29) is 0 Å². The van der Waals surface area contributed by atoms with Gasteiger partial charge in [0.05, 0.1) is 7.11 Å². The number of methoxy groups -OCH3 is 1. The highest BCUT2D eigenvalue weighted by atomic mass is 16.5. The summed E-state index contributed by atoms with van der Waals surface area (Å²) in [4.78, 5) is 0. The molecule has 1 heteroatoms. The topological polar surface area (TPSA) is 9.23 Å². The normalized spacial score (nSPS) is 22.3. The molecule has 2 unspecified atom stereocenters. The van der Waals surface area contributed by atoms with Crippen molar-refractivity contribution in [3.8, 4) is 5.75 Å². The molecule has 18 heavy (non-hydrogen) atoms. The third-order valence-corrected chi connectivity index (χ3v) is 4.05. The fourth-order valence-corrected chi connectivity index (χ4v) is 2.85. The van der Waals surface area contributed by atoms with Gasteiger partial charge in [-0.2, -0.15) is 0 Å². The van der Waals surface area contributed by atoms with Gasteiger partial charge in [-0.05, 0) is 47.9 Å². The first-order chi connectivity index (χ1) is 8.88. The summed E-state index contributed by atoms with van der Waals surface area (Å²) in [5.41, 5.74) is 2.92. The Morgan fingerprint density at radius 2 is 1.33 bits per heavy atom. The van der Waals surface area contributed by atoms with E-state index in [1.807, 2.05) is 0 Å². The van der Waals surface area contributed by atoms with E-state index in [9.17, 15) is 0 Å². The van der Waals surface area contributed by atoms with Gasteiger partial charge in [0.15, 0.2) is 0 Å². The summed E-state index contributed by atoms with van der Waals surface area (Å²) in [7, 11) is 1.71. The maximum absolute atomic E-state index is 5.21. The van der Waals surface area contributed by atoms with Crippen molar-refractivity contribution in [2.45, 2.75) is 24.7 Å². The summed E-state index contributed by atoms with van der Waals surface area (Å²) in [5.74, 6) is 2.31. The van der Waals surface area contributed by atoms with E-state index in [4.69, 9.17) is 4.74 Å². The smallest absolute Gasteiger partial charge is 0.118 e. The van der Waals surface area contributed by atoms with Gasteiger partial charge in [-0.25, -0.2) is 0 Å². The minimum absolute atomic E-state index is 0.679. The van der Waals surface area contributed by atoms with E-state index in [1.165, 1.54) is 24.0 Å². The standard InChI is InChI=1S/C17H18O/c1-18-15-9-7-14(8-10-15)17-12-11-16(17)13-5-3-2-4-6-13/h2-10,16-17H,11-12H2,1H3. The molecule has 1 aliphatic carbocycles. The Hall–Kier alpha value is -1.76. The lowest BCUT2D eigenvalue weighted by Crippen LogP contribution is -2.21. The zero-order valence-corrected chi connectivity index (χ0v) is 10.7. The first kappa shape index (κ1) is 11.3. The molecule has 0 aliphatic heterocycles. The van der Waals surface area contributed by atoms with Crippen molar-refractivity contribution < 1.29 is 4.74 Å². The number of hydrogen-bond donors (Lipinski definition) is 0. The lowest BCUT2D eigenvalue weighted by Gasteiger charge is -2.37. The molecule has 3 rings (SSSR count). The maximum atomic E-state index is 5.21. The highest BCUT2D eigenvalue weighted by Crippen LogP contribution is 2.49. The van der Waals surface area contributed by atoms with Crippen LogP contribution in [0.1, 0.15) is 35.8 Å². The molecular weight excluding hydrogens is 220 g/mol. The van der Waals surface area contributed by atoms with Gasteiger partial charge in [-0.15, -0.1) is 0 Å². The fraction of sp³-hybridized carbons (Fsp3) is 0.294. The monoisotopic (exact) mass is 238 g/mol. The molecule has 0 bridgehead atoms. The van der Waals surface area contributed by atoms with E-state index in [0.29, 0.717) is 11.8 Å². The third-order valence-electron chi connectivity index (χ3n) is 4.05. The molecule has 1 saturated carbocycles. The van der Waals surface area contributed by atoms with Crippen LogP contribution in [0.4, 0.5) is 0 Å². The second-order valence-electron chi connectivity index (χ2n) is 4.97. The molecule has 2 aromatic rings. The van der Waals surface area contributed by atoms with Crippen LogP contribution in [-0.2, 0) is 0 Å². The van der Waals surface area contributed by atoms with Crippen LogP contribution in [0.3, 0.4) is 0 Å². The number of rotatable bonds is 3. The minimum Gasteiger partial charge on any atom is -0.497 e. The number of ether oxygens (including phenoxy) is 1. The maximum Gasteiger partial charge on any atom is 0.118 e. The molecule has 2 atom stereocenters. The summed E-state index contributed by atoms with van der Waals surface area (Å²) in [6.07, 6.45) is 2.60. The van der Waals surface area contributed by atoms with E-state index < -0.39 is 0 Å². The molecule has 0 amide bonds. The van der Waals surface area contributed by atoms with Gasteiger partial charge >= 0.3 is 0 Å². The second kappa shape index (κ2) is 4.85. The van der Waals surface area contributed by atoms with Crippen LogP contribution in [0, 0.1) is 0 Å². The van der Waals surface area contributed by atoms with Crippen molar-refractivity contribution in [2.24, 2.45) is 0 Å². The fourth-order valence-electron chi connectivity index (χ4n) is 2.85.